The zero-order valence-electron chi connectivity index (χ0n) is 43.2. The summed E-state index contributed by atoms with van der Waals surface area (Å²) >= 11 is 0. The Morgan fingerprint density at radius 3 is 1.50 bits per heavy atom. The van der Waals surface area contributed by atoms with Gasteiger partial charge in [0.2, 0.25) is 57.5 Å². The summed E-state index contributed by atoms with van der Waals surface area (Å²) in [6, 6.07) is 2.65. The largest absolute Gasteiger partial charge is 0.481 e. The molecule has 78 heavy (non-hydrogen) atoms. The summed E-state index contributed by atoms with van der Waals surface area (Å²) in [6.45, 7) is -0.0635. The van der Waals surface area contributed by atoms with Gasteiger partial charge in [-0.2, -0.15) is 0 Å². The van der Waals surface area contributed by atoms with Crippen LogP contribution in [0.2, 0.25) is 0 Å². The number of carbonyl (C=O) groups is 9. The number of carboxylic acids is 3. The first-order chi connectivity index (χ1) is 36.6. The minimum Gasteiger partial charge on any atom is -0.481 e. The fourth-order valence-electron chi connectivity index (χ4n) is 8.23. The van der Waals surface area contributed by atoms with E-state index in [2.05, 4.69) is 37.2 Å². The number of rotatable bonds is 28. The number of benzene rings is 1. The lowest BCUT2D eigenvalue weighted by molar-refractivity contribution is -0.141. The summed E-state index contributed by atoms with van der Waals surface area (Å²) in [4.78, 5) is 152. The predicted octanol–water partition coefficient (Wildman–Crippen LogP) is -2.73. The van der Waals surface area contributed by atoms with Gasteiger partial charge in [0.1, 0.15) is 24.2 Å². The molecule has 0 bridgehead atoms. The second-order valence-electron chi connectivity index (χ2n) is 19.2. The van der Waals surface area contributed by atoms with Crippen LogP contribution in [0.25, 0.3) is 0 Å². The van der Waals surface area contributed by atoms with Crippen molar-refractivity contribution in [2.45, 2.75) is 88.4 Å². The van der Waals surface area contributed by atoms with Crippen molar-refractivity contribution in [3.8, 4) is 0 Å². The van der Waals surface area contributed by atoms with Gasteiger partial charge >= 0.3 is 17.9 Å². The standard InChI is InChI=1S/C45H75N12O18P3/c46-45(47)49-15-6-10-32-41(66)50-27-37(59)51-35(26-40(64)65)44(69)54-34(25-31-7-2-1-3-8-31)43(68)53-33(42(67)52-32)9-4-5-14-48-36(58)11-22-76(70,71)28-55-16-18-56(29-77(72,73)23-12-38(60)61)20-21-57(19-17-55)30-78(74,75)24-13-39(62)63/h1-3,7-8,32-35H,4-6,9-30H2,(H,48,58)(H,50,66)(H,51,59)(H,52,67)(H,53,68)(H,54,69)(H,60,61)(H,62,63)(H,64,65)(H,70,71)(H,72,73)(H,74,75)(H4,46,47,49)/t32-,33-,34+,35?/m0/s1. The van der Waals surface area contributed by atoms with Gasteiger partial charge in [-0.25, -0.2) is 0 Å². The number of nitrogens with two attached hydrogens (primary N) is 1. The molecule has 6 amide bonds. The number of carboxylic acid groups (broad SMARTS) is 3. The molecule has 4 unspecified atom stereocenters. The van der Waals surface area contributed by atoms with Crippen LogP contribution in [0.4, 0.5) is 0 Å². The molecule has 2 heterocycles. The van der Waals surface area contributed by atoms with Gasteiger partial charge in [0.05, 0.1) is 44.7 Å². The van der Waals surface area contributed by atoms with Crippen LogP contribution in [0.3, 0.4) is 0 Å². The maximum atomic E-state index is 14.1. The van der Waals surface area contributed by atoms with E-state index in [4.69, 9.17) is 21.4 Å². The van der Waals surface area contributed by atoms with Crippen LogP contribution in [-0.2, 0) is 63.3 Å². The number of nitrogens with zero attached hydrogens (tertiary/aromatic N) is 3. The number of guanidine groups is 1. The Balaban J connectivity index is 1.72. The Morgan fingerprint density at radius 1 is 0.577 bits per heavy atom. The van der Waals surface area contributed by atoms with Crippen LogP contribution in [-0.4, -0.2) is 224 Å². The molecule has 16 N–H and O–H groups in total. The highest BCUT2D eigenvalue weighted by atomic mass is 31.2. The van der Waals surface area contributed by atoms with E-state index in [9.17, 15) is 76.6 Å². The van der Waals surface area contributed by atoms with Crippen LogP contribution < -0.4 is 43.0 Å². The normalized spacial score (nSPS) is 22.2. The van der Waals surface area contributed by atoms with E-state index in [1.54, 1.807) is 45.0 Å². The van der Waals surface area contributed by atoms with E-state index in [0.29, 0.717) is 5.56 Å². The van der Waals surface area contributed by atoms with Gasteiger partial charge in [-0.3, -0.25) is 77.0 Å². The molecule has 0 aliphatic carbocycles. The molecule has 1 aromatic carbocycles. The summed E-state index contributed by atoms with van der Waals surface area (Å²) in [5, 5.41) is 52.7. The molecule has 1 aromatic rings. The van der Waals surface area contributed by atoms with Crippen molar-refractivity contribution in [1.29, 1.82) is 5.41 Å². The molecule has 3 rings (SSSR count). The Kier molecular flexibility index (Phi) is 28.0. The number of nitrogens with one attached hydrogen (secondary N) is 8. The Labute approximate surface area is 450 Å². The first-order valence-electron chi connectivity index (χ1n) is 25.2. The van der Waals surface area contributed by atoms with Crippen molar-refractivity contribution in [1.82, 2.24) is 51.9 Å². The molecule has 2 saturated heterocycles. The molecule has 0 radical (unpaired) electrons. The molecule has 33 heteroatoms. The zero-order valence-corrected chi connectivity index (χ0v) is 45.9. The van der Waals surface area contributed by atoms with E-state index >= 15 is 0 Å². The highest BCUT2D eigenvalue weighted by molar-refractivity contribution is 7.58. The highest BCUT2D eigenvalue weighted by Gasteiger charge is 2.34. The number of carbonyl (C=O) groups excluding carboxylic acids is 6. The molecule has 2 fully saturated rings. The summed E-state index contributed by atoms with van der Waals surface area (Å²) in [5.41, 5.74) is 5.94. The molecule has 2 aliphatic heterocycles. The van der Waals surface area contributed by atoms with Crippen molar-refractivity contribution in [3.05, 3.63) is 35.9 Å². The average molecular weight is 1170 g/mol. The molecule has 7 atom stereocenters. The fraction of sp³-hybridized carbons (Fsp3) is 0.644. The Hall–Kier alpha value is -5.83. The Bertz CT molecular complexity index is 2360. The number of aliphatic carboxylic acids is 3. The number of hydrogen-bond acceptors (Lipinski definition) is 16. The SMILES string of the molecule is N=C(N)NCCC[C@@H]1NC(=O)[C@H](CCCCNC(=O)CCP(=O)(O)CN2CCN(CP(=O)(O)CCC(=O)O)CCN(CP(=O)(O)CCC(=O)O)CC2)NC(=O)[C@@H](Cc2ccccc2)NC(=O)C(CC(=O)O)NC(=O)CNC1=O. The summed E-state index contributed by atoms with van der Waals surface area (Å²) in [7, 11) is -12.1. The second kappa shape index (κ2) is 32.9. The summed E-state index contributed by atoms with van der Waals surface area (Å²) in [6.07, 6.45) is -4.89. The van der Waals surface area contributed by atoms with Gasteiger partial charge < -0.3 is 73.0 Å². The zero-order chi connectivity index (χ0) is 58.1. The van der Waals surface area contributed by atoms with Gasteiger partial charge in [-0.1, -0.05) is 30.3 Å². The van der Waals surface area contributed by atoms with Gasteiger partial charge in [0, 0.05) is 83.7 Å². The van der Waals surface area contributed by atoms with Gasteiger partial charge in [-0.15, -0.1) is 0 Å². The van der Waals surface area contributed by atoms with Crippen LogP contribution in [0.5, 0.6) is 0 Å². The predicted molar refractivity (Wildman–Crippen MR) is 282 cm³/mol. The quantitative estimate of drug-likeness (QED) is 0.0175. The van der Waals surface area contributed by atoms with Crippen molar-refractivity contribution in [3.63, 3.8) is 0 Å². The maximum absolute atomic E-state index is 14.1. The van der Waals surface area contributed by atoms with Crippen molar-refractivity contribution in [2.75, 3.05) is 96.2 Å². The number of amides is 6. The third kappa shape index (κ3) is 27.7. The van der Waals surface area contributed by atoms with E-state index in [1.807, 2.05) is 0 Å². The molecular weight excluding hydrogens is 1090 g/mol. The molecule has 0 saturated carbocycles. The smallest absolute Gasteiger partial charge is 0.305 e. The van der Waals surface area contributed by atoms with Gasteiger partial charge in [0.15, 0.2) is 5.96 Å². The van der Waals surface area contributed by atoms with Crippen LogP contribution in [0.1, 0.15) is 63.4 Å². The first kappa shape index (κ1) is 66.4. The molecule has 0 aromatic heterocycles. The van der Waals surface area contributed by atoms with Crippen LogP contribution >= 0.6 is 22.1 Å². The monoisotopic (exact) mass is 1160 g/mol. The lowest BCUT2D eigenvalue weighted by atomic mass is 10.0. The molecular formula is C45H75N12O18P3. The van der Waals surface area contributed by atoms with E-state index in [1.165, 1.54) is 0 Å². The fourth-order valence-corrected chi connectivity index (χ4v) is 13.0. The maximum Gasteiger partial charge on any atom is 0.305 e. The van der Waals surface area contributed by atoms with E-state index in [0.717, 1.165) is 0 Å². The van der Waals surface area contributed by atoms with Gasteiger partial charge in [0.25, 0.3) is 0 Å². The minimum absolute atomic E-state index is 0.00383. The highest BCUT2D eigenvalue weighted by Crippen LogP contribution is 2.44. The van der Waals surface area contributed by atoms with Crippen LogP contribution in [0.15, 0.2) is 30.3 Å². The molecule has 0 spiro atoms. The Morgan fingerprint density at radius 2 is 1.01 bits per heavy atom. The lowest BCUT2D eigenvalue weighted by Crippen LogP contribution is -2.58. The van der Waals surface area contributed by atoms with E-state index in [-0.39, 0.29) is 96.8 Å². The van der Waals surface area contributed by atoms with Crippen molar-refractivity contribution >= 4 is 81.4 Å². The number of hydrogen-bond donors (Lipinski definition) is 15. The molecule has 30 nitrogen and oxygen atoms in total. The first-order valence-corrected chi connectivity index (χ1v) is 31.3. The van der Waals surface area contributed by atoms with E-state index < -0.39 is 169 Å². The third-order valence-corrected chi connectivity index (χ3v) is 17.7. The van der Waals surface area contributed by atoms with Gasteiger partial charge in [-0.05, 0) is 37.7 Å². The van der Waals surface area contributed by atoms with Crippen molar-refractivity contribution in [2.24, 2.45) is 5.73 Å². The minimum atomic E-state index is -4.11. The average Bonchev–Trinajstić information content (AvgIpc) is 3.43. The third-order valence-electron chi connectivity index (χ3n) is 12.4. The summed E-state index contributed by atoms with van der Waals surface area (Å²) in [5.74, 6) is -9.46. The second-order valence-corrected chi connectivity index (χ2v) is 26.4. The molecule has 438 valence electrons. The summed E-state index contributed by atoms with van der Waals surface area (Å²) < 4.78 is 39.5. The van der Waals surface area contributed by atoms with Crippen molar-refractivity contribution < 1.29 is 86.8 Å². The number of unbranched alkanes of at least 4 members (excludes halogenated alkanes) is 1. The lowest BCUT2D eigenvalue weighted by Gasteiger charge is -2.28. The van der Waals surface area contributed by atoms with Crippen LogP contribution in [0, 0.1) is 5.41 Å². The topological polar surface area (TPSA) is 470 Å². The molecule has 2 aliphatic rings.